The predicted molar refractivity (Wildman–Crippen MR) is 123 cm³/mol. The number of carbonyl (C=O) groups is 2. The van der Waals surface area contributed by atoms with Gasteiger partial charge in [-0.2, -0.15) is 0 Å². The maximum Gasteiger partial charge on any atom is 0.259 e. The number of anilines is 2. The van der Waals surface area contributed by atoms with E-state index < -0.39 is 6.04 Å². The van der Waals surface area contributed by atoms with Gasteiger partial charge in [0.05, 0.1) is 0 Å². The molecule has 2 heterocycles. The van der Waals surface area contributed by atoms with Crippen LogP contribution in [0.1, 0.15) is 27.9 Å². The molecule has 0 fully saturated rings. The Balaban J connectivity index is 1.50. The van der Waals surface area contributed by atoms with Crippen LogP contribution in [0.4, 0.5) is 11.4 Å². The van der Waals surface area contributed by atoms with E-state index in [1.54, 1.807) is 23.1 Å². The molecule has 1 N–H and O–H groups in total. The second kappa shape index (κ2) is 8.38. The van der Waals surface area contributed by atoms with Gasteiger partial charge in [0.1, 0.15) is 19.3 Å². The lowest BCUT2D eigenvalue weighted by atomic mass is 9.94. The number of nitrogens with zero attached hydrogens (tertiary/aromatic N) is 1. The number of rotatable bonds is 3. The lowest BCUT2D eigenvalue weighted by molar-refractivity contribution is -0.117. The summed E-state index contributed by atoms with van der Waals surface area (Å²) < 4.78 is 11.2. The summed E-state index contributed by atoms with van der Waals surface area (Å²) in [5.41, 5.74) is 4.01. The predicted octanol–water partition coefficient (Wildman–Crippen LogP) is 4.37. The van der Waals surface area contributed by atoms with Crippen molar-refractivity contribution in [3.63, 3.8) is 0 Å². The van der Waals surface area contributed by atoms with Crippen LogP contribution < -0.4 is 19.7 Å². The fraction of sp³-hybridized carbons (Fsp3) is 0.231. The van der Waals surface area contributed by atoms with Crippen LogP contribution in [-0.2, 0) is 11.2 Å². The molecule has 0 saturated carbocycles. The Hall–Kier alpha value is -3.80. The Morgan fingerprint density at radius 3 is 2.53 bits per heavy atom. The van der Waals surface area contributed by atoms with Gasteiger partial charge < -0.3 is 14.8 Å². The van der Waals surface area contributed by atoms with Crippen LogP contribution in [0.3, 0.4) is 0 Å². The number of nitrogens with one attached hydrogen (secondary N) is 1. The lowest BCUT2D eigenvalue weighted by Gasteiger charge is -2.36. The van der Waals surface area contributed by atoms with Crippen molar-refractivity contribution >= 4 is 23.2 Å². The summed E-state index contributed by atoms with van der Waals surface area (Å²) in [5.74, 6) is 0.743. The zero-order valence-electron chi connectivity index (χ0n) is 17.8. The van der Waals surface area contributed by atoms with E-state index in [1.807, 2.05) is 55.5 Å². The quantitative estimate of drug-likeness (QED) is 0.673. The second-order valence-electron chi connectivity index (χ2n) is 8.02. The zero-order chi connectivity index (χ0) is 22.1. The summed E-state index contributed by atoms with van der Waals surface area (Å²) in [6.45, 7) is 2.88. The Bertz CT molecular complexity index is 1190. The van der Waals surface area contributed by atoms with Crippen molar-refractivity contribution in [2.24, 2.45) is 0 Å². The average Bonchev–Trinajstić information content (AvgIpc) is 2.84. The fourth-order valence-corrected chi connectivity index (χ4v) is 4.29. The minimum absolute atomic E-state index is 0.195. The molecule has 3 aromatic carbocycles. The van der Waals surface area contributed by atoms with Gasteiger partial charge in [-0.3, -0.25) is 14.5 Å². The third-order valence-corrected chi connectivity index (χ3v) is 5.96. The van der Waals surface area contributed by atoms with Gasteiger partial charge in [0.25, 0.3) is 5.91 Å². The van der Waals surface area contributed by atoms with Crippen LogP contribution in [0.15, 0.2) is 66.7 Å². The van der Waals surface area contributed by atoms with E-state index in [0.29, 0.717) is 36.7 Å². The molecule has 1 unspecified atom stereocenters. The highest BCUT2D eigenvalue weighted by molar-refractivity contribution is 6.12. The lowest BCUT2D eigenvalue weighted by Crippen LogP contribution is -2.50. The number of aryl methyl sites for hydroxylation is 2. The second-order valence-corrected chi connectivity index (χ2v) is 8.02. The minimum Gasteiger partial charge on any atom is -0.486 e. The van der Waals surface area contributed by atoms with Crippen molar-refractivity contribution in [1.29, 1.82) is 0 Å². The van der Waals surface area contributed by atoms with Crippen LogP contribution in [0, 0.1) is 6.92 Å². The van der Waals surface area contributed by atoms with Crippen molar-refractivity contribution in [3.05, 3.63) is 83.4 Å². The first-order valence-corrected chi connectivity index (χ1v) is 10.8. The van der Waals surface area contributed by atoms with Crippen molar-refractivity contribution in [1.82, 2.24) is 0 Å². The number of benzene rings is 3. The Labute approximate surface area is 186 Å². The SMILES string of the molecule is Cc1ccccc1NC(=O)C1CCc2ccccc2N1C(=O)c1ccc2c(c1)OCCO2. The number of ether oxygens (including phenoxy) is 2. The van der Waals surface area contributed by atoms with Crippen LogP contribution in [0.5, 0.6) is 11.5 Å². The molecular weight excluding hydrogens is 404 g/mol. The van der Waals surface area contributed by atoms with Crippen molar-refractivity contribution < 1.29 is 19.1 Å². The summed E-state index contributed by atoms with van der Waals surface area (Å²) in [6.07, 6.45) is 1.28. The van der Waals surface area contributed by atoms with E-state index in [9.17, 15) is 9.59 Å². The third-order valence-electron chi connectivity index (χ3n) is 5.96. The van der Waals surface area contributed by atoms with Crippen LogP contribution >= 0.6 is 0 Å². The highest BCUT2D eigenvalue weighted by atomic mass is 16.6. The van der Waals surface area contributed by atoms with E-state index in [-0.39, 0.29) is 11.8 Å². The van der Waals surface area contributed by atoms with Crippen LogP contribution in [0.2, 0.25) is 0 Å². The van der Waals surface area contributed by atoms with Gasteiger partial charge in [0.2, 0.25) is 5.91 Å². The number of hydrogen-bond acceptors (Lipinski definition) is 4. The first-order valence-electron chi connectivity index (χ1n) is 10.8. The zero-order valence-corrected chi connectivity index (χ0v) is 17.8. The normalized spacial score (nSPS) is 16.8. The van der Waals surface area contributed by atoms with E-state index >= 15 is 0 Å². The number of hydrogen-bond donors (Lipinski definition) is 1. The van der Waals surface area contributed by atoms with E-state index in [4.69, 9.17) is 9.47 Å². The molecule has 2 aliphatic heterocycles. The molecular formula is C26H24N2O4. The molecule has 0 aromatic heterocycles. The monoisotopic (exact) mass is 428 g/mol. The topological polar surface area (TPSA) is 67.9 Å². The molecule has 6 heteroatoms. The van der Waals surface area contributed by atoms with Crippen LogP contribution in [0.25, 0.3) is 0 Å². The number of amides is 2. The van der Waals surface area contributed by atoms with Crippen LogP contribution in [-0.4, -0.2) is 31.1 Å². The van der Waals surface area contributed by atoms with Gasteiger partial charge >= 0.3 is 0 Å². The standard InChI is InChI=1S/C26H24N2O4/c1-17-6-2-4-8-20(17)27-25(29)22-12-10-18-7-3-5-9-21(18)28(22)26(30)19-11-13-23-24(16-19)32-15-14-31-23/h2-9,11,13,16,22H,10,12,14-15H2,1H3,(H,27,29). The number of carbonyl (C=O) groups excluding carboxylic acids is 2. The van der Waals surface area contributed by atoms with Gasteiger partial charge in [-0.05, 0) is 61.2 Å². The van der Waals surface area contributed by atoms with Gasteiger partial charge in [-0.15, -0.1) is 0 Å². The molecule has 5 rings (SSSR count). The summed E-state index contributed by atoms with van der Waals surface area (Å²) in [5, 5.41) is 3.02. The average molecular weight is 428 g/mol. The maximum atomic E-state index is 13.7. The van der Waals surface area contributed by atoms with Gasteiger partial charge in [-0.25, -0.2) is 0 Å². The molecule has 0 aliphatic carbocycles. The molecule has 0 spiro atoms. The van der Waals surface area contributed by atoms with Gasteiger partial charge in [0.15, 0.2) is 11.5 Å². The Morgan fingerprint density at radius 1 is 0.938 bits per heavy atom. The van der Waals surface area contributed by atoms with Crippen molar-refractivity contribution in [2.75, 3.05) is 23.4 Å². The summed E-state index contributed by atoms with van der Waals surface area (Å²) in [4.78, 5) is 28.7. The number of para-hydroxylation sites is 2. The Kier molecular flexibility index (Phi) is 5.27. The minimum atomic E-state index is -0.620. The summed E-state index contributed by atoms with van der Waals surface area (Å²) in [7, 11) is 0. The molecule has 162 valence electrons. The van der Waals surface area contributed by atoms with Crippen molar-refractivity contribution in [3.8, 4) is 11.5 Å². The molecule has 0 bridgehead atoms. The largest absolute Gasteiger partial charge is 0.486 e. The Morgan fingerprint density at radius 2 is 1.69 bits per heavy atom. The molecule has 32 heavy (non-hydrogen) atoms. The molecule has 0 radical (unpaired) electrons. The van der Waals surface area contributed by atoms with E-state index in [1.165, 1.54) is 0 Å². The first-order chi connectivity index (χ1) is 15.6. The summed E-state index contributed by atoms with van der Waals surface area (Å²) >= 11 is 0. The number of fused-ring (bicyclic) bond motifs is 2. The van der Waals surface area contributed by atoms with Gasteiger partial charge in [-0.1, -0.05) is 36.4 Å². The molecule has 6 nitrogen and oxygen atoms in total. The fourth-order valence-electron chi connectivity index (χ4n) is 4.29. The maximum absolute atomic E-state index is 13.7. The third kappa shape index (κ3) is 3.68. The smallest absolute Gasteiger partial charge is 0.259 e. The molecule has 0 saturated heterocycles. The highest BCUT2D eigenvalue weighted by Gasteiger charge is 2.36. The summed E-state index contributed by atoms with van der Waals surface area (Å²) in [6, 6.07) is 20.0. The molecule has 3 aromatic rings. The molecule has 2 amide bonds. The highest BCUT2D eigenvalue weighted by Crippen LogP contribution is 2.35. The van der Waals surface area contributed by atoms with E-state index in [2.05, 4.69) is 5.32 Å². The molecule has 2 aliphatic rings. The van der Waals surface area contributed by atoms with Crippen molar-refractivity contribution in [2.45, 2.75) is 25.8 Å². The first kappa shape index (κ1) is 20.1. The van der Waals surface area contributed by atoms with E-state index in [0.717, 1.165) is 28.9 Å². The van der Waals surface area contributed by atoms with Gasteiger partial charge in [0, 0.05) is 16.9 Å². The molecule has 1 atom stereocenters.